The minimum atomic E-state index is 0.578. The summed E-state index contributed by atoms with van der Waals surface area (Å²) in [5.74, 6) is 1.46. The van der Waals surface area contributed by atoms with Gasteiger partial charge in [0.2, 0.25) is 10.7 Å². The van der Waals surface area contributed by atoms with Gasteiger partial charge in [-0.1, -0.05) is 37.3 Å². The molecule has 0 fully saturated rings. The Bertz CT molecular complexity index is 1160. The zero-order valence-electron chi connectivity index (χ0n) is 14.5. The number of hydrogen-bond acceptors (Lipinski definition) is 5. The summed E-state index contributed by atoms with van der Waals surface area (Å²) >= 11 is 7.30. The minimum absolute atomic E-state index is 0.578. The van der Waals surface area contributed by atoms with E-state index >= 15 is 0 Å². The standard InChI is InChI=1S/C19H19N5S2/c1-11-7-8-14-13(9-11)15-16-22-23-19(25)24(16)18(21-17(15)26-14)20-10-12-5-3-2-4-6-12/h2-6,11H,7-10H2,1H3,(H,20,21)(H,23,25)/t11-/m0/s1. The molecule has 1 aromatic carbocycles. The van der Waals surface area contributed by atoms with E-state index in [4.69, 9.17) is 17.2 Å². The highest BCUT2D eigenvalue weighted by Crippen LogP contribution is 2.39. The molecule has 3 aromatic heterocycles. The summed E-state index contributed by atoms with van der Waals surface area (Å²) in [6.07, 6.45) is 3.49. The highest BCUT2D eigenvalue weighted by atomic mass is 32.1. The van der Waals surface area contributed by atoms with Crippen LogP contribution in [0.2, 0.25) is 0 Å². The van der Waals surface area contributed by atoms with Crippen molar-refractivity contribution in [2.75, 3.05) is 5.32 Å². The van der Waals surface area contributed by atoms with Gasteiger partial charge in [0.1, 0.15) is 4.83 Å². The zero-order valence-corrected chi connectivity index (χ0v) is 16.1. The number of fused-ring (bicyclic) bond motifs is 5. The number of H-pyrrole nitrogens is 1. The number of aromatic nitrogens is 4. The van der Waals surface area contributed by atoms with Crippen LogP contribution in [0, 0.1) is 10.7 Å². The van der Waals surface area contributed by atoms with Gasteiger partial charge in [-0.3, -0.25) is 5.10 Å². The lowest BCUT2D eigenvalue weighted by molar-refractivity contribution is 0.508. The van der Waals surface area contributed by atoms with Crippen LogP contribution in [-0.2, 0) is 19.4 Å². The molecule has 0 unspecified atom stereocenters. The van der Waals surface area contributed by atoms with Crippen molar-refractivity contribution in [1.29, 1.82) is 0 Å². The number of anilines is 1. The molecule has 1 aliphatic rings. The first-order valence-corrected chi connectivity index (χ1v) is 10.1. The molecule has 0 spiro atoms. The van der Waals surface area contributed by atoms with Crippen molar-refractivity contribution in [3.63, 3.8) is 0 Å². The van der Waals surface area contributed by atoms with Gasteiger partial charge >= 0.3 is 0 Å². The minimum Gasteiger partial charge on any atom is -0.351 e. The van der Waals surface area contributed by atoms with Gasteiger partial charge in [-0.25, -0.2) is 9.38 Å². The molecule has 5 rings (SSSR count). The highest BCUT2D eigenvalue weighted by Gasteiger charge is 2.24. The SMILES string of the molecule is C[C@H]1CCc2sc3nc(NCc4ccccc4)n4c(=S)[nH]nc4c3c2C1. The van der Waals surface area contributed by atoms with Gasteiger partial charge in [0.25, 0.3) is 0 Å². The van der Waals surface area contributed by atoms with Crippen LogP contribution < -0.4 is 5.32 Å². The number of nitrogens with zero attached hydrogens (tertiary/aromatic N) is 3. The lowest BCUT2D eigenvalue weighted by Gasteiger charge is -2.18. The maximum atomic E-state index is 5.49. The van der Waals surface area contributed by atoms with E-state index in [1.807, 2.05) is 33.9 Å². The Labute approximate surface area is 160 Å². The van der Waals surface area contributed by atoms with Crippen LogP contribution in [0.5, 0.6) is 0 Å². The van der Waals surface area contributed by atoms with Gasteiger partial charge in [-0.2, -0.15) is 5.10 Å². The zero-order chi connectivity index (χ0) is 17.7. The lowest BCUT2D eigenvalue weighted by atomic mass is 9.89. The van der Waals surface area contributed by atoms with Gasteiger partial charge in [0, 0.05) is 11.4 Å². The fourth-order valence-electron chi connectivity index (χ4n) is 3.76. The van der Waals surface area contributed by atoms with Gasteiger partial charge in [-0.05, 0) is 48.5 Å². The molecular weight excluding hydrogens is 362 g/mol. The summed E-state index contributed by atoms with van der Waals surface area (Å²) in [4.78, 5) is 7.44. The predicted octanol–water partition coefficient (Wildman–Crippen LogP) is 4.74. The van der Waals surface area contributed by atoms with E-state index in [1.165, 1.54) is 27.8 Å². The molecular formula is C19H19N5S2. The summed E-state index contributed by atoms with van der Waals surface area (Å²) in [6, 6.07) is 10.3. The van der Waals surface area contributed by atoms with Crippen LogP contribution in [0.15, 0.2) is 30.3 Å². The number of aromatic amines is 1. The largest absolute Gasteiger partial charge is 0.351 e. The average molecular weight is 382 g/mol. The number of hydrogen-bond donors (Lipinski definition) is 2. The number of aryl methyl sites for hydroxylation is 1. The third-order valence-electron chi connectivity index (χ3n) is 5.10. The first-order chi connectivity index (χ1) is 12.7. The summed E-state index contributed by atoms with van der Waals surface area (Å²) in [5, 5.41) is 12.1. The molecule has 0 radical (unpaired) electrons. The number of nitrogens with one attached hydrogen (secondary N) is 2. The van der Waals surface area contributed by atoms with Crippen LogP contribution in [0.25, 0.3) is 15.9 Å². The molecule has 2 N–H and O–H groups in total. The maximum Gasteiger partial charge on any atom is 0.212 e. The number of rotatable bonds is 3. The van der Waals surface area contributed by atoms with E-state index < -0.39 is 0 Å². The molecule has 132 valence electrons. The third-order valence-corrected chi connectivity index (χ3v) is 6.56. The van der Waals surface area contributed by atoms with E-state index in [0.717, 1.165) is 29.3 Å². The van der Waals surface area contributed by atoms with Crippen LogP contribution in [0.4, 0.5) is 5.95 Å². The normalized spacial score (nSPS) is 16.9. The Morgan fingerprint density at radius 1 is 1.35 bits per heavy atom. The molecule has 1 aliphatic carbocycles. The summed E-state index contributed by atoms with van der Waals surface area (Å²) in [6.45, 7) is 3.02. The van der Waals surface area contributed by atoms with Crippen molar-refractivity contribution in [2.45, 2.75) is 32.7 Å². The molecule has 26 heavy (non-hydrogen) atoms. The lowest BCUT2D eigenvalue weighted by Crippen LogP contribution is -2.10. The van der Waals surface area contributed by atoms with Crippen molar-refractivity contribution < 1.29 is 0 Å². The Morgan fingerprint density at radius 3 is 3.04 bits per heavy atom. The third kappa shape index (κ3) is 2.54. The van der Waals surface area contributed by atoms with E-state index in [9.17, 15) is 0 Å². The Kier molecular flexibility index (Phi) is 3.79. The molecule has 1 atom stereocenters. The smallest absolute Gasteiger partial charge is 0.212 e. The molecule has 4 aromatic rings. The first-order valence-electron chi connectivity index (χ1n) is 8.90. The molecule has 7 heteroatoms. The summed E-state index contributed by atoms with van der Waals surface area (Å²) in [5.41, 5.74) is 3.52. The summed E-state index contributed by atoms with van der Waals surface area (Å²) < 4.78 is 2.51. The van der Waals surface area contributed by atoms with Crippen LogP contribution in [-0.4, -0.2) is 19.6 Å². The summed E-state index contributed by atoms with van der Waals surface area (Å²) in [7, 11) is 0. The van der Waals surface area contributed by atoms with Gasteiger partial charge in [0.05, 0.1) is 5.39 Å². The quantitative estimate of drug-likeness (QED) is 0.503. The van der Waals surface area contributed by atoms with Crippen LogP contribution in [0.1, 0.15) is 29.3 Å². The van der Waals surface area contributed by atoms with Crippen molar-refractivity contribution in [3.8, 4) is 0 Å². The monoisotopic (exact) mass is 381 g/mol. The van der Waals surface area contributed by atoms with E-state index in [1.54, 1.807) is 0 Å². The molecule has 0 amide bonds. The molecule has 0 saturated carbocycles. The Hall–Kier alpha value is -2.25. The first kappa shape index (κ1) is 16.0. The Balaban J connectivity index is 1.66. The molecule has 3 heterocycles. The van der Waals surface area contributed by atoms with Crippen molar-refractivity contribution in [1.82, 2.24) is 19.6 Å². The van der Waals surface area contributed by atoms with Gasteiger partial charge < -0.3 is 5.32 Å². The second-order valence-electron chi connectivity index (χ2n) is 6.99. The average Bonchev–Trinajstić information content (AvgIpc) is 3.21. The van der Waals surface area contributed by atoms with Crippen LogP contribution in [0.3, 0.4) is 0 Å². The van der Waals surface area contributed by atoms with E-state index in [-0.39, 0.29) is 0 Å². The maximum absolute atomic E-state index is 5.49. The van der Waals surface area contributed by atoms with E-state index in [2.05, 4.69) is 34.6 Å². The van der Waals surface area contributed by atoms with Crippen LogP contribution >= 0.6 is 23.6 Å². The van der Waals surface area contributed by atoms with Crippen molar-refractivity contribution >= 4 is 45.4 Å². The van der Waals surface area contributed by atoms with Crippen molar-refractivity contribution in [3.05, 3.63) is 51.1 Å². The van der Waals surface area contributed by atoms with E-state index in [0.29, 0.717) is 17.2 Å². The Morgan fingerprint density at radius 2 is 2.19 bits per heavy atom. The highest BCUT2D eigenvalue weighted by molar-refractivity contribution is 7.71. The fourth-order valence-corrected chi connectivity index (χ4v) is 5.19. The molecule has 0 saturated heterocycles. The van der Waals surface area contributed by atoms with Gasteiger partial charge in [0.15, 0.2) is 5.65 Å². The second-order valence-corrected chi connectivity index (χ2v) is 8.46. The topological polar surface area (TPSA) is 58.0 Å². The van der Waals surface area contributed by atoms with Crippen molar-refractivity contribution in [2.24, 2.45) is 5.92 Å². The number of thiophene rings is 1. The second kappa shape index (κ2) is 6.17. The molecule has 0 aliphatic heterocycles. The number of benzene rings is 1. The fraction of sp³-hybridized carbons (Fsp3) is 0.316. The predicted molar refractivity (Wildman–Crippen MR) is 109 cm³/mol. The molecule has 0 bridgehead atoms. The van der Waals surface area contributed by atoms with Gasteiger partial charge in [-0.15, -0.1) is 11.3 Å². The molecule has 5 nitrogen and oxygen atoms in total.